The third-order valence-electron chi connectivity index (χ3n) is 5.38. The second kappa shape index (κ2) is 6.74. The van der Waals surface area contributed by atoms with Gasteiger partial charge in [-0.25, -0.2) is 9.18 Å². The van der Waals surface area contributed by atoms with E-state index in [1.54, 1.807) is 6.92 Å². The predicted molar refractivity (Wildman–Crippen MR) is 101 cm³/mol. The van der Waals surface area contributed by atoms with Crippen LogP contribution in [0, 0.1) is 5.82 Å². The fourth-order valence-corrected chi connectivity index (χ4v) is 3.80. The fraction of sp³-hybridized carbons (Fsp3) is 0.286. The van der Waals surface area contributed by atoms with E-state index >= 15 is 0 Å². The second-order valence-electron chi connectivity index (χ2n) is 7.34. The number of halogens is 1. The van der Waals surface area contributed by atoms with Crippen molar-refractivity contribution < 1.29 is 18.8 Å². The normalized spacial score (nSPS) is 20.9. The monoisotopic (exact) mass is 381 g/mol. The molecule has 1 saturated heterocycles. The summed E-state index contributed by atoms with van der Waals surface area (Å²) in [6.07, 6.45) is 3.08. The van der Waals surface area contributed by atoms with Gasteiger partial charge in [0.2, 0.25) is 5.91 Å². The number of nitrogens with one attached hydrogen (secondary N) is 2. The van der Waals surface area contributed by atoms with Gasteiger partial charge in [-0.05, 0) is 67.1 Å². The number of carbonyl (C=O) groups excluding carboxylic acids is 3. The van der Waals surface area contributed by atoms with Crippen molar-refractivity contribution in [3.05, 3.63) is 65.0 Å². The molecule has 2 N–H and O–H groups in total. The van der Waals surface area contributed by atoms with Crippen LogP contribution < -0.4 is 10.6 Å². The van der Waals surface area contributed by atoms with Crippen molar-refractivity contribution in [2.45, 2.75) is 31.7 Å². The summed E-state index contributed by atoms with van der Waals surface area (Å²) >= 11 is 0. The van der Waals surface area contributed by atoms with Crippen LogP contribution in [0.3, 0.4) is 0 Å². The van der Waals surface area contributed by atoms with Crippen molar-refractivity contribution in [1.29, 1.82) is 0 Å². The average molecular weight is 381 g/mol. The Morgan fingerprint density at radius 1 is 1.14 bits per heavy atom. The lowest BCUT2D eigenvalue weighted by Gasteiger charge is -2.23. The molecule has 4 rings (SSSR count). The van der Waals surface area contributed by atoms with E-state index in [-0.39, 0.29) is 0 Å². The zero-order valence-corrected chi connectivity index (χ0v) is 15.4. The van der Waals surface area contributed by atoms with Crippen LogP contribution in [0.5, 0.6) is 0 Å². The lowest BCUT2D eigenvalue weighted by molar-refractivity contribution is -0.133. The minimum atomic E-state index is -1.20. The lowest BCUT2D eigenvalue weighted by Crippen LogP contribution is -2.42. The standard InChI is InChI=1S/C21H20FN3O3/c1-21(15-6-5-13-3-2-4-14(13)11-15)19(27)25(20(28)24-21)12-18(26)23-17-9-7-16(22)8-10-17/h5-11H,2-4,12H2,1H3,(H,23,26)(H,24,28). The molecule has 1 heterocycles. The van der Waals surface area contributed by atoms with Crippen LogP contribution in [0.2, 0.25) is 0 Å². The summed E-state index contributed by atoms with van der Waals surface area (Å²) in [6, 6.07) is 10.5. The maximum atomic E-state index is 13.0. The molecule has 0 bridgehead atoms. The van der Waals surface area contributed by atoms with Crippen molar-refractivity contribution in [3.63, 3.8) is 0 Å². The van der Waals surface area contributed by atoms with Crippen LogP contribution in [0.1, 0.15) is 30.0 Å². The van der Waals surface area contributed by atoms with Crippen LogP contribution in [0.4, 0.5) is 14.9 Å². The van der Waals surface area contributed by atoms with Crippen LogP contribution >= 0.6 is 0 Å². The molecule has 0 spiro atoms. The number of anilines is 1. The third-order valence-corrected chi connectivity index (χ3v) is 5.38. The van der Waals surface area contributed by atoms with Crippen LogP contribution in [-0.4, -0.2) is 29.3 Å². The molecule has 144 valence electrons. The summed E-state index contributed by atoms with van der Waals surface area (Å²) in [5, 5.41) is 5.28. The molecule has 1 atom stereocenters. The van der Waals surface area contributed by atoms with Gasteiger partial charge in [-0.1, -0.05) is 18.2 Å². The van der Waals surface area contributed by atoms with Gasteiger partial charge in [0.05, 0.1) is 0 Å². The van der Waals surface area contributed by atoms with E-state index < -0.39 is 35.7 Å². The summed E-state index contributed by atoms with van der Waals surface area (Å²) in [7, 11) is 0. The highest BCUT2D eigenvalue weighted by Gasteiger charge is 2.49. The lowest BCUT2D eigenvalue weighted by atomic mass is 9.89. The molecule has 28 heavy (non-hydrogen) atoms. The first-order valence-electron chi connectivity index (χ1n) is 9.18. The number of rotatable bonds is 4. The Bertz CT molecular complexity index is 973. The van der Waals surface area contributed by atoms with Gasteiger partial charge in [-0.15, -0.1) is 0 Å². The molecule has 1 fully saturated rings. The van der Waals surface area contributed by atoms with Gasteiger partial charge in [0, 0.05) is 5.69 Å². The van der Waals surface area contributed by atoms with Crippen molar-refractivity contribution >= 4 is 23.5 Å². The summed E-state index contributed by atoms with van der Waals surface area (Å²) in [4.78, 5) is 38.6. The number of amides is 4. The van der Waals surface area contributed by atoms with Crippen molar-refractivity contribution in [1.82, 2.24) is 10.2 Å². The van der Waals surface area contributed by atoms with Gasteiger partial charge in [-0.3, -0.25) is 14.5 Å². The molecule has 1 aliphatic heterocycles. The van der Waals surface area contributed by atoms with E-state index in [1.165, 1.54) is 35.4 Å². The van der Waals surface area contributed by atoms with Gasteiger partial charge in [0.15, 0.2) is 0 Å². The largest absolute Gasteiger partial charge is 0.325 e. The molecule has 1 unspecified atom stereocenters. The molecule has 4 amide bonds. The molecule has 1 aliphatic carbocycles. The second-order valence-corrected chi connectivity index (χ2v) is 7.34. The first-order chi connectivity index (χ1) is 13.4. The average Bonchev–Trinajstić information content (AvgIpc) is 3.22. The predicted octanol–water partition coefficient (Wildman–Crippen LogP) is 2.72. The minimum Gasteiger partial charge on any atom is -0.325 e. The van der Waals surface area contributed by atoms with Gasteiger partial charge in [0.25, 0.3) is 5.91 Å². The minimum absolute atomic E-state index is 0.389. The Balaban J connectivity index is 1.50. The number of hydrogen-bond acceptors (Lipinski definition) is 3. The number of nitrogens with zero attached hydrogens (tertiary/aromatic N) is 1. The third kappa shape index (κ3) is 3.13. The van der Waals surface area contributed by atoms with E-state index in [4.69, 9.17) is 0 Å². The Morgan fingerprint density at radius 2 is 1.86 bits per heavy atom. The summed E-state index contributed by atoms with van der Waals surface area (Å²) in [5.74, 6) is -1.42. The van der Waals surface area contributed by atoms with Gasteiger partial charge in [-0.2, -0.15) is 0 Å². The number of aryl methyl sites for hydroxylation is 2. The molecule has 7 heteroatoms. The van der Waals surface area contributed by atoms with Gasteiger partial charge < -0.3 is 10.6 Å². The molecular weight excluding hydrogens is 361 g/mol. The van der Waals surface area contributed by atoms with Crippen molar-refractivity contribution in [3.8, 4) is 0 Å². The maximum absolute atomic E-state index is 13.0. The number of imide groups is 1. The van der Waals surface area contributed by atoms with Crippen molar-refractivity contribution in [2.24, 2.45) is 0 Å². The highest BCUT2D eigenvalue weighted by Crippen LogP contribution is 2.32. The zero-order chi connectivity index (χ0) is 19.9. The van der Waals surface area contributed by atoms with Crippen molar-refractivity contribution in [2.75, 3.05) is 11.9 Å². The summed E-state index contributed by atoms with van der Waals surface area (Å²) in [6.45, 7) is 1.24. The highest BCUT2D eigenvalue weighted by molar-refractivity contribution is 6.10. The Labute approximate surface area is 161 Å². The fourth-order valence-electron chi connectivity index (χ4n) is 3.80. The molecule has 2 aromatic rings. The summed E-state index contributed by atoms with van der Waals surface area (Å²) < 4.78 is 13.0. The number of carbonyl (C=O) groups is 3. The molecule has 0 saturated carbocycles. The molecule has 6 nitrogen and oxygen atoms in total. The van der Waals surface area contributed by atoms with E-state index in [0.717, 1.165) is 24.2 Å². The topological polar surface area (TPSA) is 78.5 Å². The number of urea groups is 1. The van der Waals surface area contributed by atoms with Crippen LogP contribution in [0.25, 0.3) is 0 Å². The van der Waals surface area contributed by atoms with Crippen LogP contribution in [-0.2, 0) is 28.0 Å². The Kier molecular flexibility index (Phi) is 4.37. The SMILES string of the molecule is CC1(c2ccc3c(c2)CCC3)NC(=O)N(CC(=O)Nc2ccc(F)cc2)C1=O. The smallest absolute Gasteiger partial charge is 0.325 e. The van der Waals surface area contributed by atoms with E-state index in [9.17, 15) is 18.8 Å². The molecule has 2 aromatic carbocycles. The quantitative estimate of drug-likeness (QED) is 0.800. The maximum Gasteiger partial charge on any atom is 0.325 e. The molecule has 0 radical (unpaired) electrons. The summed E-state index contributed by atoms with van der Waals surface area (Å²) in [5.41, 5.74) is 2.38. The van der Waals surface area contributed by atoms with Crippen LogP contribution in [0.15, 0.2) is 42.5 Å². The Hall–Kier alpha value is -3.22. The molecular formula is C21H20FN3O3. The molecule has 0 aromatic heterocycles. The Morgan fingerprint density at radius 3 is 2.61 bits per heavy atom. The van der Waals surface area contributed by atoms with Gasteiger partial charge >= 0.3 is 6.03 Å². The number of hydrogen-bond donors (Lipinski definition) is 2. The first-order valence-corrected chi connectivity index (χ1v) is 9.18. The molecule has 2 aliphatic rings. The first kappa shape index (κ1) is 18.2. The van der Waals surface area contributed by atoms with E-state index in [1.807, 2.05) is 18.2 Å². The highest BCUT2D eigenvalue weighted by atomic mass is 19.1. The zero-order valence-electron chi connectivity index (χ0n) is 15.4. The van der Waals surface area contributed by atoms with Gasteiger partial charge in [0.1, 0.15) is 17.9 Å². The number of fused-ring (bicyclic) bond motifs is 1. The number of benzene rings is 2. The van der Waals surface area contributed by atoms with E-state index in [2.05, 4.69) is 10.6 Å². The van der Waals surface area contributed by atoms with E-state index in [0.29, 0.717) is 11.3 Å².